The Kier molecular flexibility index (Phi) is 4.65. The fourth-order valence-corrected chi connectivity index (χ4v) is 2.45. The van der Waals surface area contributed by atoms with E-state index in [0.717, 1.165) is 5.56 Å². The summed E-state index contributed by atoms with van der Waals surface area (Å²) in [7, 11) is 0. The van der Waals surface area contributed by atoms with Gasteiger partial charge in [0.25, 0.3) is 0 Å². The molecule has 2 aromatic rings. The first-order chi connectivity index (χ1) is 9.47. The molecular formula is C16H17BrFNO. The molecule has 20 heavy (non-hydrogen) atoms. The Morgan fingerprint density at radius 3 is 2.40 bits per heavy atom. The minimum Gasteiger partial charge on any atom is -0.486 e. The van der Waals surface area contributed by atoms with Crippen molar-refractivity contribution in [2.24, 2.45) is 0 Å². The Morgan fingerprint density at radius 2 is 1.85 bits per heavy atom. The van der Waals surface area contributed by atoms with Crippen LogP contribution in [-0.4, -0.2) is 0 Å². The first-order valence-electron chi connectivity index (χ1n) is 6.43. The molecule has 0 heterocycles. The summed E-state index contributed by atoms with van der Waals surface area (Å²) >= 11 is 3.26. The van der Waals surface area contributed by atoms with Gasteiger partial charge in [0.15, 0.2) is 5.75 Å². The van der Waals surface area contributed by atoms with Crippen LogP contribution in [0.4, 0.5) is 10.1 Å². The number of halogens is 2. The average Bonchev–Trinajstić information content (AvgIpc) is 2.38. The van der Waals surface area contributed by atoms with Crippen molar-refractivity contribution < 1.29 is 9.13 Å². The maximum atomic E-state index is 13.1. The van der Waals surface area contributed by atoms with Crippen LogP contribution in [0.5, 0.6) is 5.75 Å². The van der Waals surface area contributed by atoms with Crippen LogP contribution in [0.2, 0.25) is 0 Å². The molecule has 0 aliphatic rings. The third-order valence-corrected chi connectivity index (χ3v) is 3.66. The van der Waals surface area contributed by atoms with Gasteiger partial charge < -0.3 is 10.5 Å². The third-order valence-electron chi connectivity index (χ3n) is 3.07. The molecule has 0 fully saturated rings. The van der Waals surface area contributed by atoms with Crippen molar-refractivity contribution in [2.75, 3.05) is 5.73 Å². The standard InChI is InChI=1S/C16H17BrFNO/c1-10(2)12-5-3-11(4-6-12)9-20-16-14(17)7-13(18)8-15(16)19/h3-8,10H,9,19H2,1-2H3. The number of anilines is 1. The highest BCUT2D eigenvalue weighted by atomic mass is 79.9. The van der Waals surface area contributed by atoms with Crippen molar-refractivity contribution in [1.82, 2.24) is 0 Å². The van der Waals surface area contributed by atoms with Crippen molar-refractivity contribution in [3.8, 4) is 5.75 Å². The van der Waals surface area contributed by atoms with Gasteiger partial charge in [0, 0.05) is 6.07 Å². The molecule has 2 rings (SSSR count). The Morgan fingerprint density at radius 1 is 1.20 bits per heavy atom. The van der Waals surface area contributed by atoms with Gasteiger partial charge >= 0.3 is 0 Å². The van der Waals surface area contributed by atoms with E-state index in [1.54, 1.807) is 0 Å². The van der Waals surface area contributed by atoms with E-state index in [0.29, 0.717) is 22.7 Å². The van der Waals surface area contributed by atoms with Crippen LogP contribution >= 0.6 is 15.9 Å². The van der Waals surface area contributed by atoms with E-state index in [-0.39, 0.29) is 11.5 Å². The highest BCUT2D eigenvalue weighted by molar-refractivity contribution is 9.10. The largest absolute Gasteiger partial charge is 0.486 e. The lowest BCUT2D eigenvalue weighted by Crippen LogP contribution is -2.00. The van der Waals surface area contributed by atoms with Crippen LogP contribution < -0.4 is 10.5 Å². The summed E-state index contributed by atoms with van der Waals surface area (Å²) in [4.78, 5) is 0. The van der Waals surface area contributed by atoms with E-state index in [4.69, 9.17) is 10.5 Å². The van der Waals surface area contributed by atoms with Crippen molar-refractivity contribution in [3.05, 3.63) is 57.8 Å². The molecule has 0 spiro atoms. The van der Waals surface area contributed by atoms with Crippen LogP contribution in [0, 0.1) is 5.82 Å². The van der Waals surface area contributed by atoms with E-state index in [2.05, 4.69) is 41.9 Å². The molecule has 0 aromatic heterocycles. The summed E-state index contributed by atoms with van der Waals surface area (Å²) in [5, 5.41) is 0. The molecular weight excluding hydrogens is 321 g/mol. The first kappa shape index (κ1) is 14.9. The molecule has 2 aromatic carbocycles. The summed E-state index contributed by atoms with van der Waals surface area (Å²) in [6, 6.07) is 10.8. The summed E-state index contributed by atoms with van der Waals surface area (Å²) in [5.74, 6) is 0.592. The number of hydrogen-bond donors (Lipinski definition) is 1. The van der Waals surface area contributed by atoms with Crippen LogP contribution in [-0.2, 0) is 6.61 Å². The maximum Gasteiger partial charge on any atom is 0.157 e. The molecule has 0 saturated heterocycles. The summed E-state index contributed by atoms with van der Waals surface area (Å²) < 4.78 is 19.3. The van der Waals surface area contributed by atoms with Crippen LogP contribution in [0.25, 0.3) is 0 Å². The normalized spacial score (nSPS) is 10.8. The quantitative estimate of drug-likeness (QED) is 0.807. The van der Waals surface area contributed by atoms with Gasteiger partial charge in [0.1, 0.15) is 12.4 Å². The smallest absolute Gasteiger partial charge is 0.157 e. The second-order valence-corrected chi connectivity index (χ2v) is 5.85. The van der Waals surface area contributed by atoms with Crippen LogP contribution in [0.15, 0.2) is 40.9 Å². The fraction of sp³-hybridized carbons (Fsp3) is 0.250. The Labute approximate surface area is 126 Å². The van der Waals surface area contributed by atoms with E-state index in [1.807, 2.05) is 12.1 Å². The molecule has 0 saturated carbocycles. The fourth-order valence-electron chi connectivity index (χ4n) is 1.89. The Balaban J connectivity index is 2.09. The molecule has 4 heteroatoms. The Hall–Kier alpha value is -1.55. The highest BCUT2D eigenvalue weighted by Crippen LogP contribution is 2.33. The SMILES string of the molecule is CC(C)c1ccc(COc2c(N)cc(F)cc2Br)cc1. The molecule has 0 aliphatic carbocycles. The van der Waals surface area contributed by atoms with Gasteiger partial charge in [0.2, 0.25) is 0 Å². The van der Waals surface area contributed by atoms with Gasteiger partial charge in [-0.05, 0) is 39.0 Å². The number of benzene rings is 2. The zero-order chi connectivity index (χ0) is 14.7. The van der Waals surface area contributed by atoms with Gasteiger partial charge in [-0.1, -0.05) is 38.1 Å². The predicted molar refractivity (Wildman–Crippen MR) is 83.4 cm³/mol. The summed E-state index contributed by atoms with van der Waals surface area (Å²) in [6.45, 7) is 4.70. The highest BCUT2D eigenvalue weighted by Gasteiger charge is 2.09. The van der Waals surface area contributed by atoms with Crippen molar-refractivity contribution in [1.29, 1.82) is 0 Å². The minimum absolute atomic E-state index is 0.288. The summed E-state index contributed by atoms with van der Waals surface area (Å²) in [5.41, 5.74) is 8.38. The van der Waals surface area contributed by atoms with Gasteiger partial charge in [-0.25, -0.2) is 4.39 Å². The summed E-state index contributed by atoms with van der Waals surface area (Å²) in [6.07, 6.45) is 0. The molecule has 0 unspecified atom stereocenters. The minimum atomic E-state index is -0.386. The first-order valence-corrected chi connectivity index (χ1v) is 7.23. The van der Waals surface area contributed by atoms with E-state index >= 15 is 0 Å². The molecule has 0 atom stereocenters. The van der Waals surface area contributed by atoms with Crippen molar-refractivity contribution >= 4 is 21.6 Å². The zero-order valence-electron chi connectivity index (χ0n) is 11.5. The van der Waals surface area contributed by atoms with Gasteiger partial charge in [-0.2, -0.15) is 0 Å². The van der Waals surface area contributed by atoms with E-state index in [9.17, 15) is 4.39 Å². The lowest BCUT2D eigenvalue weighted by molar-refractivity contribution is 0.305. The molecule has 0 bridgehead atoms. The second-order valence-electron chi connectivity index (χ2n) is 4.99. The second kappa shape index (κ2) is 6.27. The Bertz CT molecular complexity index is 573. The monoisotopic (exact) mass is 337 g/mol. The van der Waals surface area contributed by atoms with Gasteiger partial charge in [-0.15, -0.1) is 0 Å². The molecule has 0 amide bonds. The number of rotatable bonds is 4. The van der Waals surface area contributed by atoms with Crippen LogP contribution in [0.1, 0.15) is 30.9 Å². The van der Waals surface area contributed by atoms with E-state index in [1.165, 1.54) is 17.7 Å². The lowest BCUT2D eigenvalue weighted by atomic mass is 10.0. The topological polar surface area (TPSA) is 35.2 Å². The molecule has 0 aliphatic heterocycles. The maximum absolute atomic E-state index is 13.1. The van der Waals surface area contributed by atoms with E-state index < -0.39 is 0 Å². The van der Waals surface area contributed by atoms with Crippen LogP contribution in [0.3, 0.4) is 0 Å². The van der Waals surface area contributed by atoms with Gasteiger partial charge in [0.05, 0.1) is 10.2 Å². The molecule has 2 nitrogen and oxygen atoms in total. The third kappa shape index (κ3) is 3.51. The zero-order valence-corrected chi connectivity index (χ0v) is 13.1. The molecule has 106 valence electrons. The number of ether oxygens (including phenoxy) is 1. The number of nitrogens with two attached hydrogens (primary N) is 1. The molecule has 0 radical (unpaired) electrons. The average molecular weight is 338 g/mol. The van der Waals surface area contributed by atoms with Gasteiger partial charge in [-0.3, -0.25) is 0 Å². The number of nitrogen functional groups attached to an aromatic ring is 1. The number of hydrogen-bond acceptors (Lipinski definition) is 2. The van der Waals surface area contributed by atoms with Crippen molar-refractivity contribution in [3.63, 3.8) is 0 Å². The lowest BCUT2D eigenvalue weighted by Gasteiger charge is -2.12. The molecule has 2 N–H and O–H groups in total. The predicted octanol–water partition coefficient (Wildman–Crippen LogP) is 4.87. The van der Waals surface area contributed by atoms with Crippen molar-refractivity contribution in [2.45, 2.75) is 26.4 Å².